The lowest BCUT2D eigenvalue weighted by atomic mass is 10.2. The van der Waals surface area contributed by atoms with Crippen LogP contribution in [0.1, 0.15) is 43.6 Å². The molecule has 9 heteroatoms. The number of Topliss-reactive ketones (excluding diaryl/α,β-unsaturated/α-hetero) is 1. The standard InChI is InChI=1S/C25H27Cl2NO5Si/c1-24(2,3)34(18-11-7-5-8-12-18,19-13-9-6-10-14-19)33-16-15-21(29)25(26,27)23-28-20(17-32-23)22(30)31-4/h5-14,17H,15-16H2,1-4H3. The second-order valence-corrected chi connectivity index (χ2v) is 14.4. The summed E-state index contributed by atoms with van der Waals surface area (Å²) in [4.78, 5) is 28.5. The number of alkyl halides is 2. The number of benzene rings is 2. The molecule has 0 unspecified atom stereocenters. The van der Waals surface area contributed by atoms with Gasteiger partial charge in [0.15, 0.2) is 11.5 Å². The fourth-order valence-corrected chi connectivity index (χ4v) is 8.88. The van der Waals surface area contributed by atoms with Crippen molar-refractivity contribution in [2.75, 3.05) is 13.7 Å². The fourth-order valence-electron chi connectivity index (χ4n) is 3.95. The summed E-state index contributed by atoms with van der Waals surface area (Å²) in [5.41, 5.74) is -0.125. The third kappa shape index (κ3) is 5.12. The summed E-state index contributed by atoms with van der Waals surface area (Å²) in [6, 6.07) is 20.2. The van der Waals surface area contributed by atoms with Gasteiger partial charge in [-0.15, -0.1) is 0 Å². The number of methoxy groups -OCH3 is 1. The van der Waals surface area contributed by atoms with Gasteiger partial charge in [0.1, 0.15) is 6.26 Å². The summed E-state index contributed by atoms with van der Waals surface area (Å²) in [6.07, 6.45) is 0.972. The van der Waals surface area contributed by atoms with E-state index >= 15 is 0 Å². The number of nitrogens with zero attached hydrogens (tertiary/aromatic N) is 1. The molecule has 1 aromatic heterocycles. The van der Waals surface area contributed by atoms with Crippen molar-refractivity contribution in [3.63, 3.8) is 0 Å². The first-order chi connectivity index (χ1) is 16.0. The number of ether oxygens (including phenoxy) is 1. The Morgan fingerprint density at radius 1 is 0.971 bits per heavy atom. The van der Waals surface area contributed by atoms with Gasteiger partial charge in [0.05, 0.1) is 7.11 Å². The first-order valence-corrected chi connectivity index (χ1v) is 13.4. The maximum absolute atomic E-state index is 13.0. The number of esters is 1. The molecule has 0 atom stereocenters. The fraction of sp³-hybridized carbons (Fsp3) is 0.320. The number of aromatic nitrogens is 1. The molecule has 0 saturated heterocycles. The second kappa shape index (κ2) is 10.4. The Hall–Kier alpha value is -2.45. The molecule has 6 nitrogen and oxygen atoms in total. The molecule has 0 aliphatic heterocycles. The van der Waals surface area contributed by atoms with Crippen LogP contribution in [0, 0.1) is 0 Å². The molecule has 0 bridgehead atoms. The van der Waals surface area contributed by atoms with Crippen LogP contribution in [0.4, 0.5) is 0 Å². The number of halogens is 2. The summed E-state index contributed by atoms with van der Waals surface area (Å²) in [5.74, 6) is -1.56. The molecule has 2 aromatic carbocycles. The zero-order chi connectivity index (χ0) is 25.0. The SMILES string of the molecule is COC(=O)c1coc(C(Cl)(Cl)C(=O)CCO[Si](c2ccccc2)(c2ccccc2)C(C)(C)C)n1. The Morgan fingerprint density at radius 3 is 1.97 bits per heavy atom. The average molecular weight is 520 g/mol. The van der Waals surface area contributed by atoms with Gasteiger partial charge in [-0.05, 0) is 15.4 Å². The smallest absolute Gasteiger partial charge is 0.360 e. The van der Waals surface area contributed by atoms with Crippen LogP contribution < -0.4 is 10.4 Å². The maximum Gasteiger partial charge on any atom is 0.360 e. The minimum Gasteiger partial charge on any atom is -0.464 e. The second-order valence-electron chi connectivity index (χ2n) is 8.79. The van der Waals surface area contributed by atoms with Gasteiger partial charge in [-0.3, -0.25) is 4.79 Å². The molecule has 0 aliphatic rings. The Labute approximate surface area is 210 Å². The Balaban J connectivity index is 1.87. The van der Waals surface area contributed by atoms with Gasteiger partial charge in [0.2, 0.25) is 5.89 Å². The van der Waals surface area contributed by atoms with E-state index in [4.69, 9.17) is 32.0 Å². The molecule has 180 valence electrons. The van der Waals surface area contributed by atoms with E-state index < -0.39 is 24.4 Å². The number of hydrogen-bond donors (Lipinski definition) is 0. The predicted octanol–water partition coefficient (Wildman–Crippen LogP) is 4.63. The first-order valence-electron chi connectivity index (χ1n) is 10.7. The van der Waals surface area contributed by atoms with Crippen LogP contribution in [-0.2, 0) is 18.3 Å². The van der Waals surface area contributed by atoms with Crippen LogP contribution in [0.2, 0.25) is 5.04 Å². The molecule has 0 saturated carbocycles. The van der Waals surface area contributed by atoms with E-state index in [1.54, 1.807) is 0 Å². The van der Waals surface area contributed by atoms with Crippen LogP contribution in [0.15, 0.2) is 71.3 Å². The van der Waals surface area contributed by atoms with Gasteiger partial charge in [-0.2, -0.15) is 0 Å². The van der Waals surface area contributed by atoms with Gasteiger partial charge in [-0.1, -0.05) is 105 Å². The third-order valence-electron chi connectivity index (χ3n) is 5.58. The normalized spacial score (nSPS) is 12.4. The van der Waals surface area contributed by atoms with E-state index in [1.165, 1.54) is 7.11 Å². The molecule has 0 N–H and O–H groups in total. The zero-order valence-electron chi connectivity index (χ0n) is 19.5. The average Bonchev–Trinajstić information content (AvgIpc) is 3.33. The lowest BCUT2D eigenvalue weighted by molar-refractivity contribution is -0.120. The van der Waals surface area contributed by atoms with Crippen LogP contribution in [-0.4, -0.2) is 38.8 Å². The predicted molar refractivity (Wildman–Crippen MR) is 134 cm³/mol. The van der Waals surface area contributed by atoms with Crippen molar-refractivity contribution in [2.45, 2.75) is 36.6 Å². The van der Waals surface area contributed by atoms with Crippen molar-refractivity contribution in [3.05, 3.63) is 78.5 Å². The number of rotatable bonds is 9. The number of carbonyl (C=O) groups excluding carboxylic acids is 2. The lowest BCUT2D eigenvalue weighted by Gasteiger charge is -2.43. The first kappa shape index (κ1) is 26.2. The molecule has 0 spiro atoms. The van der Waals surface area contributed by atoms with Gasteiger partial charge >= 0.3 is 5.97 Å². The number of oxazole rings is 1. The summed E-state index contributed by atoms with van der Waals surface area (Å²) in [7, 11) is -1.60. The quantitative estimate of drug-likeness (QED) is 0.233. The summed E-state index contributed by atoms with van der Waals surface area (Å²) < 4.78 is 14.4. The van der Waals surface area contributed by atoms with E-state index in [-0.39, 0.29) is 29.7 Å². The Bertz CT molecular complexity index is 1090. The van der Waals surface area contributed by atoms with Gasteiger partial charge in [-0.25, -0.2) is 9.78 Å². The molecule has 0 fully saturated rings. The largest absolute Gasteiger partial charge is 0.464 e. The van der Waals surface area contributed by atoms with Crippen molar-refractivity contribution in [2.24, 2.45) is 0 Å². The lowest BCUT2D eigenvalue weighted by Crippen LogP contribution is -2.66. The highest BCUT2D eigenvalue weighted by Crippen LogP contribution is 2.38. The highest BCUT2D eigenvalue weighted by molar-refractivity contribution is 6.99. The summed E-state index contributed by atoms with van der Waals surface area (Å²) in [6.45, 7) is 6.54. The molecule has 1 heterocycles. The Kier molecular flexibility index (Phi) is 8.03. The van der Waals surface area contributed by atoms with E-state index in [2.05, 4.69) is 54.8 Å². The van der Waals surface area contributed by atoms with Crippen molar-refractivity contribution >= 4 is 53.6 Å². The molecule has 34 heavy (non-hydrogen) atoms. The summed E-state index contributed by atoms with van der Waals surface area (Å²) in [5, 5.41) is 1.95. The highest BCUT2D eigenvalue weighted by atomic mass is 35.5. The van der Waals surface area contributed by atoms with E-state index in [0.717, 1.165) is 16.6 Å². The number of carbonyl (C=O) groups is 2. The van der Waals surface area contributed by atoms with E-state index in [0.29, 0.717) is 0 Å². The zero-order valence-corrected chi connectivity index (χ0v) is 22.0. The molecule has 3 aromatic rings. The van der Waals surface area contributed by atoms with Crippen molar-refractivity contribution in [1.29, 1.82) is 0 Å². The topological polar surface area (TPSA) is 78.6 Å². The van der Waals surface area contributed by atoms with Crippen LogP contribution in [0.5, 0.6) is 0 Å². The molecule has 3 rings (SSSR count). The van der Waals surface area contributed by atoms with Crippen LogP contribution >= 0.6 is 23.2 Å². The van der Waals surface area contributed by atoms with Crippen LogP contribution in [0.3, 0.4) is 0 Å². The monoisotopic (exact) mass is 519 g/mol. The Morgan fingerprint density at radius 2 is 1.50 bits per heavy atom. The molecule has 0 radical (unpaired) electrons. The minimum atomic E-state index is -2.81. The molecule has 0 aliphatic carbocycles. The number of hydrogen-bond acceptors (Lipinski definition) is 6. The van der Waals surface area contributed by atoms with Crippen LogP contribution in [0.25, 0.3) is 0 Å². The summed E-state index contributed by atoms with van der Waals surface area (Å²) >= 11 is 12.6. The highest BCUT2D eigenvalue weighted by Gasteiger charge is 2.50. The van der Waals surface area contributed by atoms with E-state index in [1.807, 2.05) is 36.4 Å². The molecular formula is C25H27Cl2NO5Si. The molecule has 0 amide bonds. The van der Waals surface area contributed by atoms with E-state index in [9.17, 15) is 9.59 Å². The third-order valence-corrected chi connectivity index (χ3v) is 11.4. The van der Waals surface area contributed by atoms with Crippen molar-refractivity contribution in [1.82, 2.24) is 4.98 Å². The van der Waals surface area contributed by atoms with Crippen molar-refractivity contribution < 1.29 is 23.2 Å². The van der Waals surface area contributed by atoms with Gasteiger partial charge in [0, 0.05) is 13.0 Å². The maximum atomic E-state index is 13.0. The minimum absolute atomic E-state index is 0.0760. The van der Waals surface area contributed by atoms with Gasteiger partial charge in [0.25, 0.3) is 12.7 Å². The van der Waals surface area contributed by atoms with Gasteiger partial charge < -0.3 is 13.6 Å². The molecular weight excluding hydrogens is 493 g/mol. The number of ketones is 1. The van der Waals surface area contributed by atoms with Crippen molar-refractivity contribution in [3.8, 4) is 0 Å².